The summed E-state index contributed by atoms with van der Waals surface area (Å²) in [5, 5.41) is 3.20. The fourth-order valence-electron chi connectivity index (χ4n) is 1.33. The van der Waals surface area contributed by atoms with E-state index in [9.17, 15) is 4.79 Å². The molecule has 0 spiro atoms. The molecule has 0 aromatic heterocycles. The van der Waals surface area contributed by atoms with Crippen LogP contribution in [0, 0.1) is 5.92 Å². The predicted octanol–water partition coefficient (Wildman–Crippen LogP) is 3.50. The Morgan fingerprint density at radius 1 is 1.50 bits per heavy atom. The third-order valence-electron chi connectivity index (χ3n) is 2.18. The Morgan fingerprint density at radius 2 is 2.22 bits per heavy atom. The Morgan fingerprint density at radius 3 is 2.89 bits per heavy atom. The average Bonchev–Trinajstić information content (AvgIpc) is 2.31. The normalized spacial score (nSPS) is 10.7. The van der Waals surface area contributed by atoms with Crippen molar-refractivity contribution in [1.29, 1.82) is 0 Å². The lowest BCUT2D eigenvalue weighted by Crippen LogP contribution is -2.27. The van der Waals surface area contributed by atoms with Gasteiger partial charge in [0.1, 0.15) is 0 Å². The summed E-state index contributed by atoms with van der Waals surface area (Å²) >= 11 is 9.32. The Bertz CT molecular complexity index is 410. The van der Waals surface area contributed by atoms with Crippen LogP contribution >= 0.6 is 27.5 Å². The smallest absolute Gasteiger partial charge is 0.252 e. The third kappa shape index (κ3) is 4.96. The van der Waals surface area contributed by atoms with Crippen molar-refractivity contribution in [2.24, 2.45) is 5.92 Å². The molecule has 0 unspecified atom stereocenters. The number of hydrogen-bond acceptors (Lipinski definition) is 2. The molecule has 1 aromatic rings. The van der Waals surface area contributed by atoms with Crippen molar-refractivity contribution in [3.8, 4) is 0 Å². The van der Waals surface area contributed by atoms with E-state index >= 15 is 0 Å². The Hall–Kier alpha value is -0.580. The van der Waals surface area contributed by atoms with E-state index in [1.165, 1.54) is 0 Å². The maximum atomic E-state index is 11.8. The van der Waals surface area contributed by atoms with Gasteiger partial charge in [0.2, 0.25) is 0 Å². The minimum atomic E-state index is -0.186. The SMILES string of the molecule is CC(C)COCCNC(=O)c1cccc(Br)c1Cl. The van der Waals surface area contributed by atoms with E-state index in [0.717, 1.165) is 0 Å². The summed E-state index contributed by atoms with van der Waals surface area (Å²) in [5.74, 6) is 0.315. The molecule has 0 fully saturated rings. The molecule has 0 aliphatic heterocycles. The van der Waals surface area contributed by atoms with Crippen LogP contribution in [0.5, 0.6) is 0 Å². The van der Waals surface area contributed by atoms with E-state index in [4.69, 9.17) is 16.3 Å². The Labute approximate surface area is 121 Å². The van der Waals surface area contributed by atoms with Gasteiger partial charge in [-0.05, 0) is 34.0 Å². The molecular weight excluding hydrogens is 318 g/mol. The molecule has 1 aromatic carbocycles. The number of hydrogen-bond donors (Lipinski definition) is 1. The molecule has 0 saturated carbocycles. The summed E-state index contributed by atoms with van der Waals surface area (Å²) < 4.78 is 6.09. The molecule has 1 amide bonds. The molecule has 0 saturated heterocycles. The molecule has 0 aliphatic carbocycles. The zero-order valence-electron chi connectivity index (χ0n) is 10.5. The second-order valence-electron chi connectivity index (χ2n) is 4.33. The summed E-state index contributed by atoms with van der Waals surface area (Å²) in [6, 6.07) is 5.27. The Balaban J connectivity index is 2.39. The monoisotopic (exact) mass is 333 g/mol. The molecule has 18 heavy (non-hydrogen) atoms. The van der Waals surface area contributed by atoms with E-state index in [1.54, 1.807) is 18.2 Å². The van der Waals surface area contributed by atoms with Gasteiger partial charge in [-0.25, -0.2) is 0 Å². The summed E-state index contributed by atoms with van der Waals surface area (Å²) in [5.41, 5.74) is 0.468. The molecule has 1 rings (SSSR count). The van der Waals surface area contributed by atoms with Crippen molar-refractivity contribution in [3.63, 3.8) is 0 Å². The summed E-state index contributed by atoms with van der Waals surface area (Å²) in [6.07, 6.45) is 0. The van der Waals surface area contributed by atoms with Crippen molar-refractivity contribution < 1.29 is 9.53 Å². The predicted molar refractivity (Wildman–Crippen MR) is 77.1 cm³/mol. The zero-order chi connectivity index (χ0) is 13.5. The number of halogens is 2. The van der Waals surface area contributed by atoms with Crippen molar-refractivity contribution in [1.82, 2.24) is 5.32 Å². The van der Waals surface area contributed by atoms with E-state index < -0.39 is 0 Å². The van der Waals surface area contributed by atoms with Crippen molar-refractivity contribution in [2.45, 2.75) is 13.8 Å². The molecule has 1 N–H and O–H groups in total. The number of carbonyl (C=O) groups is 1. The molecular formula is C13H17BrClNO2. The molecule has 3 nitrogen and oxygen atoms in total. The highest BCUT2D eigenvalue weighted by atomic mass is 79.9. The van der Waals surface area contributed by atoms with Gasteiger partial charge < -0.3 is 10.1 Å². The van der Waals surface area contributed by atoms with Gasteiger partial charge in [-0.15, -0.1) is 0 Å². The first-order valence-corrected chi connectivity index (χ1v) is 6.99. The number of ether oxygens (including phenoxy) is 1. The van der Waals surface area contributed by atoms with E-state index in [0.29, 0.717) is 40.7 Å². The van der Waals surface area contributed by atoms with Crippen LogP contribution < -0.4 is 5.32 Å². The molecule has 0 radical (unpaired) electrons. The first-order valence-electron chi connectivity index (χ1n) is 5.82. The van der Waals surface area contributed by atoms with Crippen LogP contribution in [-0.2, 0) is 4.74 Å². The van der Waals surface area contributed by atoms with Crippen LogP contribution in [0.15, 0.2) is 22.7 Å². The van der Waals surface area contributed by atoms with E-state index in [-0.39, 0.29) is 5.91 Å². The second-order valence-corrected chi connectivity index (χ2v) is 5.56. The molecule has 0 atom stereocenters. The molecule has 0 bridgehead atoms. The minimum Gasteiger partial charge on any atom is -0.379 e. The first kappa shape index (κ1) is 15.5. The van der Waals surface area contributed by atoms with Crippen molar-refractivity contribution >= 4 is 33.4 Å². The quantitative estimate of drug-likeness (QED) is 0.809. The van der Waals surface area contributed by atoms with Gasteiger partial charge in [0.05, 0.1) is 17.2 Å². The number of carbonyl (C=O) groups excluding carboxylic acids is 1. The summed E-state index contributed by atoms with van der Waals surface area (Å²) in [4.78, 5) is 11.8. The second kappa shape index (κ2) is 7.77. The highest BCUT2D eigenvalue weighted by Gasteiger charge is 2.11. The van der Waals surface area contributed by atoms with Crippen LogP contribution in [0.25, 0.3) is 0 Å². The maximum Gasteiger partial charge on any atom is 0.252 e. The van der Waals surface area contributed by atoms with Crippen LogP contribution in [0.3, 0.4) is 0 Å². The fourth-order valence-corrected chi connectivity index (χ4v) is 1.91. The number of amides is 1. The lowest BCUT2D eigenvalue weighted by molar-refractivity contribution is 0.0886. The van der Waals surface area contributed by atoms with Crippen LogP contribution in [0.1, 0.15) is 24.2 Å². The Kier molecular flexibility index (Phi) is 6.68. The van der Waals surface area contributed by atoms with Crippen molar-refractivity contribution in [2.75, 3.05) is 19.8 Å². The van der Waals surface area contributed by atoms with E-state index in [2.05, 4.69) is 35.1 Å². The van der Waals surface area contributed by atoms with Gasteiger partial charge in [-0.2, -0.15) is 0 Å². The van der Waals surface area contributed by atoms with Gasteiger partial charge in [0.25, 0.3) is 5.91 Å². The van der Waals surface area contributed by atoms with Crippen LogP contribution in [0.4, 0.5) is 0 Å². The van der Waals surface area contributed by atoms with Crippen molar-refractivity contribution in [3.05, 3.63) is 33.3 Å². The van der Waals surface area contributed by atoms with E-state index in [1.807, 2.05) is 0 Å². The van der Waals surface area contributed by atoms with Crippen LogP contribution in [0.2, 0.25) is 5.02 Å². The molecule has 0 heterocycles. The molecule has 5 heteroatoms. The summed E-state index contributed by atoms with van der Waals surface area (Å²) in [7, 11) is 0. The van der Waals surface area contributed by atoms with Gasteiger partial charge in [-0.3, -0.25) is 4.79 Å². The van der Waals surface area contributed by atoms with Gasteiger partial charge in [0, 0.05) is 17.6 Å². The third-order valence-corrected chi connectivity index (χ3v) is 3.48. The molecule has 100 valence electrons. The lowest BCUT2D eigenvalue weighted by atomic mass is 10.2. The average molecular weight is 335 g/mol. The highest BCUT2D eigenvalue weighted by molar-refractivity contribution is 9.10. The number of rotatable bonds is 6. The minimum absolute atomic E-state index is 0.186. The number of benzene rings is 1. The first-order chi connectivity index (χ1) is 8.52. The number of nitrogens with one attached hydrogen (secondary N) is 1. The zero-order valence-corrected chi connectivity index (χ0v) is 12.8. The fraction of sp³-hybridized carbons (Fsp3) is 0.462. The highest BCUT2D eigenvalue weighted by Crippen LogP contribution is 2.25. The largest absolute Gasteiger partial charge is 0.379 e. The molecule has 0 aliphatic rings. The standard InChI is InChI=1S/C13H17BrClNO2/c1-9(2)8-18-7-6-16-13(17)10-4-3-5-11(14)12(10)15/h3-5,9H,6-8H2,1-2H3,(H,16,17). The maximum absolute atomic E-state index is 11.8. The summed E-state index contributed by atoms with van der Waals surface area (Å²) in [6.45, 7) is 5.86. The van der Waals surface area contributed by atoms with Gasteiger partial charge in [-0.1, -0.05) is 31.5 Å². The van der Waals surface area contributed by atoms with Crippen LogP contribution in [-0.4, -0.2) is 25.7 Å². The van der Waals surface area contributed by atoms with Gasteiger partial charge >= 0.3 is 0 Å². The topological polar surface area (TPSA) is 38.3 Å². The lowest BCUT2D eigenvalue weighted by Gasteiger charge is -2.09. The van der Waals surface area contributed by atoms with Gasteiger partial charge in [0.15, 0.2) is 0 Å².